The Morgan fingerprint density at radius 1 is 1.10 bits per heavy atom. The number of aliphatic hydroxyl groups is 1. The van der Waals surface area contributed by atoms with E-state index in [0.29, 0.717) is 18.1 Å². The number of anilines is 1. The molecule has 0 spiro atoms. The summed E-state index contributed by atoms with van der Waals surface area (Å²) in [5.74, 6) is 0.717. The van der Waals surface area contributed by atoms with Crippen molar-refractivity contribution in [1.29, 1.82) is 0 Å². The van der Waals surface area contributed by atoms with Crippen molar-refractivity contribution in [1.82, 2.24) is 9.55 Å². The van der Waals surface area contributed by atoms with Gasteiger partial charge in [0.2, 0.25) is 0 Å². The van der Waals surface area contributed by atoms with Gasteiger partial charge in [0, 0.05) is 25.3 Å². The van der Waals surface area contributed by atoms with Crippen LogP contribution in [-0.4, -0.2) is 51.7 Å². The van der Waals surface area contributed by atoms with Crippen LogP contribution in [0.3, 0.4) is 0 Å². The van der Waals surface area contributed by atoms with Gasteiger partial charge in [0.15, 0.2) is 0 Å². The molecule has 0 amide bonds. The number of alkyl halides is 3. The summed E-state index contributed by atoms with van der Waals surface area (Å²) in [6.45, 7) is 2.24. The van der Waals surface area contributed by atoms with E-state index in [1.54, 1.807) is 12.1 Å². The first-order valence-corrected chi connectivity index (χ1v) is 13.8. The Morgan fingerprint density at radius 2 is 1.76 bits per heavy atom. The molecule has 0 radical (unpaired) electrons. The summed E-state index contributed by atoms with van der Waals surface area (Å²) in [6.07, 6.45) is 1.11. The number of rotatable bonds is 13. The van der Waals surface area contributed by atoms with Gasteiger partial charge in [-0.2, -0.15) is 0 Å². The fraction of sp³-hybridized carbons (Fsp3) is 0.464. The van der Waals surface area contributed by atoms with E-state index in [2.05, 4.69) is 14.6 Å². The van der Waals surface area contributed by atoms with E-state index in [0.717, 1.165) is 56.4 Å². The lowest BCUT2D eigenvalue weighted by Crippen LogP contribution is -2.33. The van der Waals surface area contributed by atoms with Gasteiger partial charge in [-0.1, -0.05) is 12.1 Å². The summed E-state index contributed by atoms with van der Waals surface area (Å²) in [5, 5.41) is 21.0. The Morgan fingerprint density at radius 3 is 2.37 bits per heavy atom. The summed E-state index contributed by atoms with van der Waals surface area (Å²) in [5.41, 5.74) is 2.11. The highest BCUT2D eigenvalue weighted by molar-refractivity contribution is 6.28. The van der Waals surface area contributed by atoms with Gasteiger partial charge in [-0.25, -0.2) is 0 Å². The van der Waals surface area contributed by atoms with Gasteiger partial charge in [-0.15, -0.1) is 13.2 Å². The number of benzene rings is 2. The minimum absolute atomic E-state index is 0.00317. The third-order valence-electron chi connectivity index (χ3n) is 7.10. The molecule has 1 saturated heterocycles. The van der Waals surface area contributed by atoms with Gasteiger partial charge in [-0.3, -0.25) is 4.57 Å². The summed E-state index contributed by atoms with van der Waals surface area (Å²) >= 11 is 5.90. The Labute approximate surface area is 240 Å². The van der Waals surface area contributed by atoms with Crippen molar-refractivity contribution in [3.05, 3.63) is 75.7 Å². The fourth-order valence-electron chi connectivity index (χ4n) is 4.87. The summed E-state index contributed by atoms with van der Waals surface area (Å²) in [7, 11) is 0. The summed E-state index contributed by atoms with van der Waals surface area (Å²) in [4.78, 5) is 16.2. The summed E-state index contributed by atoms with van der Waals surface area (Å²) < 4.78 is 47.9. The average molecular weight is 597 g/mol. The van der Waals surface area contributed by atoms with E-state index in [1.165, 1.54) is 22.9 Å². The van der Waals surface area contributed by atoms with E-state index in [4.69, 9.17) is 16.3 Å². The normalized spacial score (nSPS) is 15.1. The molecular weight excluding hydrogens is 565 g/mol. The molecule has 0 aliphatic carbocycles. The SMILES string of the molecule is O=[N+]([O-])c1cn(CC[C@@H](O)COc2ccc(N3CCC(CCCc4ccc(OC(F)(F)F)cc4)CC3)cc2)c(Cl)n1. The average Bonchev–Trinajstić information content (AvgIpc) is 3.32. The number of nitro groups is 1. The minimum Gasteiger partial charge on any atom is -0.491 e. The van der Waals surface area contributed by atoms with E-state index in [9.17, 15) is 28.4 Å². The second-order valence-corrected chi connectivity index (χ2v) is 10.4. The molecule has 1 aliphatic heterocycles. The predicted octanol–water partition coefficient (Wildman–Crippen LogP) is 6.41. The van der Waals surface area contributed by atoms with Gasteiger partial charge in [0.1, 0.15) is 24.3 Å². The highest BCUT2D eigenvalue weighted by Gasteiger charge is 2.31. The van der Waals surface area contributed by atoms with Gasteiger partial charge >= 0.3 is 17.5 Å². The highest BCUT2D eigenvalue weighted by Crippen LogP contribution is 2.29. The molecule has 0 saturated carbocycles. The first-order valence-electron chi connectivity index (χ1n) is 13.4. The molecule has 0 unspecified atom stereocenters. The maximum atomic E-state index is 12.3. The lowest BCUT2D eigenvalue weighted by Gasteiger charge is -2.33. The van der Waals surface area contributed by atoms with Crippen molar-refractivity contribution in [3.8, 4) is 11.5 Å². The minimum atomic E-state index is -4.68. The molecule has 1 fully saturated rings. The topological polar surface area (TPSA) is 103 Å². The molecular formula is C28H32ClF3N4O5. The van der Waals surface area contributed by atoms with Crippen LogP contribution >= 0.6 is 11.6 Å². The monoisotopic (exact) mass is 596 g/mol. The number of nitrogens with zero attached hydrogens (tertiary/aromatic N) is 4. The molecule has 1 N–H and O–H groups in total. The van der Waals surface area contributed by atoms with Crippen LogP contribution < -0.4 is 14.4 Å². The Balaban J connectivity index is 1.13. The smallest absolute Gasteiger partial charge is 0.491 e. The molecule has 1 atom stereocenters. The quantitative estimate of drug-likeness (QED) is 0.180. The Hall–Kier alpha value is -3.51. The molecule has 0 bridgehead atoms. The maximum absolute atomic E-state index is 12.3. The largest absolute Gasteiger partial charge is 0.573 e. The molecule has 9 nitrogen and oxygen atoms in total. The Kier molecular flexibility index (Phi) is 10.3. The van der Waals surface area contributed by atoms with Crippen molar-refractivity contribution in [2.24, 2.45) is 5.92 Å². The zero-order valence-electron chi connectivity index (χ0n) is 22.3. The molecule has 13 heteroatoms. The second-order valence-electron chi connectivity index (χ2n) is 10.1. The number of aryl methyl sites for hydroxylation is 2. The van der Waals surface area contributed by atoms with Crippen LogP contribution in [0.5, 0.6) is 11.5 Å². The number of ether oxygens (including phenoxy) is 2. The number of piperidine rings is 1. The van der Waals surface area contributed by atoms with Crippen LogP contribution in [0.25, 0.3) is 0 Å². The van der Waals surface area contributed by atoms with Crippen LogP contribution in [0.2, 0.25) is 5.28 Å². The lowest BCUT2D eigenvalue weighted by molar-refractivity contribution is -0.389. The van der Waals surface area contributed by atoms with Crippen LogP contribution in [0.4, 0.5) is 24.7 Å². The van der Waals surface area contributed by atoms with Crippen LogP contribution in [-0.2, 0) is 13.0 Å². The van der Waals surface area contributed by atoms with Gasteiger partial charge < -0.3 is 29.6 Å². The first-order chi connectivity index (χ1) is 19.6. The van der Waals surface area contributed by atoms with E-state index in [-0.39, 0.29) is 30.0 Å². The van der Waals surface area contributed by atoms with Crippen molar-refractivity contribution >= 4 is 23.1 Å². The van der Waals surface area contributed by atoms with Gasteiger partial charge in [0.05, 0.1) is 6.10 Å². The zero-order valence-corrected chi connectivity index (χ0v) is 23.1. The van der Waals surface area contributed by atoms with Gasteiger partial charge in [-0.05, 0) is 108 Å². The molecule has 1 aliphatic rings. The lowest BCUT2D eigenvalue weighted by atomic mass is 9.90. The van der Waals surface area contributed by atoms with Crippen molar-refractivity contribution in [2.45, 2.75) is 57.5 Å². The number of hydrogen-bond acceptors (Lipinski definition) is 7. The number of aromatic nitrogens is 2. The molecule has 41 heavy (non-hydrogen) atoms. The van der Waals surface area contributed by atoms with Crippen molar-refractivity contribution in [3.63, 3.8) is 0 Å². The highest BCUT2D eigenvalue weighted by atomic mass is 35.5. The number of imidazole rings is 1. The van der Waals surface area contributed by atoms with E-state index < -0.39 is 17.4 Å². The molecule has 2 aromatic carbocycles. The standard InChI is InChI=1S/C28H32ClF3N4O5/c29-27-33-26(36(38)39)18-35(27)17-14-23(37)19-40-24-10-6-22(7-11-24)34-15-12-21(13-16-34)3-1-2-20-4-8-25(9-5-20)41-28(30,31)32/h4-11,18,21,23,37H,1-3,12-17,19H2/t23-/m1/s1. The van der Waals surface area contributed by atoms with Crippen molar-refractivity contribution < 1.29 is 32.7 Å². The number of hydrogen-bond donors (Lipinski definition) is 1. The molecule has 3 aromatic rings. The fourth-order valence-corrected chi connectivity index (χ4v) is 5.09. The molecule has 4 rings (SSSR count). The third-order valence-corrected chi connectivity index (χ3v) is 7.40. The molecule has 222 valence electrons. The van der Waals surface area contributed by atoms with Crippen LogP contribution in [0.15, 0.2) is 54.7 Å². The zero-order chi connectivity index (χ0) is 29.4. The van der Waals surface area contributed by atoms with E-state index in [1.807, 2.05) is 24.3 Å². The Bertz CT molecular complexity index is 1260. The maximum Gasteiger partial charge on any atom is 0.573 e. The number of halogens is 4. The van der Waals surface area contributed by atoms with Gasteiger partial charge in [0.25, 0.3) is 0 Å². The van der Waals surface area contributed by atoms with Crippen LogP contribution in [0, 0.1) is 16.0 Å². The van der Waals surface area contributed by atoms with Crippen molar-refractivity contribution in [2.75, 3.05) is 24.6 Å². The first kappa shape index (κ1) is 30.4. The number of aliphatic hydroxyl groups excluding tert-OH is 1. The summed E-state index contributed by atoms with van der Waals surface area (Å²) in [6, 6.07) is 13.8. The third kappa shape index (κ3) is 9.53. The molecule has 1 aromatic heterocycles. The predicted molar refractivity (Wildman–Crippen MR) is 147 cm³/mol. The molecule has 2 heterocycles. The van der Waals surface area contributed by atoms with Crippen LogP contribution in [0.1, 0.15) is 37.7 Å². The second kappa shape index (κ2) is 13.9. The van der Waals surface area contributed by atoms with E-state index >= 15 is 0 Å².